The predicted octanol–water partition coefficient (Wildman–Crippen LogP) is 4.32. The van der Waals surface area contributed by atoms with Crippen molar-refractivity contribution in [3.8, 4) is 0 Å². The zero-order chi connectivity index (χ0) is 14.8. The molecule has 0 fully saturated rings. The fourth-order valence-electron chi connectivity index (χ4n) is 2.27. The molecule has 0 amide bonds. The van der Waals surface area contributed by atoms with Crippen LogP contribution in [0.15, 0.2) is 54.6 Å². The van der Waals surface area contributed by atoms with Gasteiger partial charge in [0.15, 0.2) is 0 Å². The van der Waals surface area contributed by atoms with Crippen LogP contribution in [0.25, 0.3) is 0 Å². The maximum atomic E-state index is 12.6. The molecule has 0 aliphatic rings. The Morgan fingerprint density at radius 3 is 1.70 bits per heavy atom. The van der Waals surface area contributed by atoms with Crippen molar-refractivity contribution >= 4 is 0 Å². The number of rotatable bonds is 3. The zero-order valence-electron chi connectivity index (χ0n) is 11.1. The third-order valence-corrected chi connectivity index (χ3v) is 3.57. The first-order chi connectivity index (χ1) is 9.38. The molecular formula is C16H16F3N. The van der Waals surface area contributed by atoms with Crippen molar-refractivity contribution in [3.63, 3.8) is 0 Å². The Kier molecular flexibility index (Phi) is 3.86. The van der Waals surface area contributed by atoms with Gasteiger partial charge in [-0.25, -0.2) is 0 Å². The molecule has 2 rings (SSSR count). The Hall–Kier alpha value is -1.81. The van der Waals surface area contributed by atoms with E-state index in [0.717, 1.165) is 17.7 Å². The molecule has 1 nitrogen and oxygen atoms in total. The van der Waals surface area contributed by atoms with E-state index in [1.54, 1.807) is 0 Å². The summed E-state index contributed by atoms with van der Waals surface area (Å²) in [6.45, 7) is 1.92. The van der Waals surface area contributed by atoms with E-state index in [2.05, 4.69) is 0 Å². The Balaban J connectivity index is 2.43. The van der Waals surface area contributed by atoms with Crippen molar-refractivity contribution in [1.29, 1.82) is 0 Å². The average Bonchev–Trinajstić information content (AvgIpc) is 2.46. The molecule has 20 heavy (non-hydrogen) atoms. The molecule has 106 valence electrons. The van der Waals surface area contributed by atoms with E-state index < -0.39 is 17.3 Å². The number of alkyl halides is 3. The van der Waals surface area contributed by atoms with Crippen molar-refractivity contribution < 1.29 is 13.2 Å². The van der Waals surface area contributed by atoms with Crippen LogP contribution in [-0.2, 0) is 11.7 Å². The Bertz CT molecular complexity index is 561. The highest BCUT2D eigenvalue weighted by molar-refractivity contribution is 5.39. The van der Waals surface area contributed by atoms with Gasteiger partial charge in [-0.3, -0.25) is 0 Å². The summed E-state index contributed by atoms with van der Waals surface area (Å²) in [6, 6.07) is 14.5. The van der Waals surface area contributed by atoms with E-state index in [1.165, 1.54) is 12.1 Å². The Morgan fingerprint density at radius 2 is 1.25 bits per heavy atom. The van der Waals surface area contributed by atoms with Gasteiger partial charge in [0.25, 0.3) is 0 Å². The minimum atomic E-state index is -4.32. The van der Waals surface area contributed by atoms with E-state index >= 15 is 0 Å². The number of nitrogens with two attached hydrogens (primary N) is 1. The minimum absolute atomic E-state index is 0.600. The molecule has 0 aliphatic carbocycles. The largest absolute Gasteiger partial charge is 0.416 e. The van der Waals surface area contributed by atoms with Crippen LogP contribution in [0.3, 0.4) is 0 Å². The van der Waals surface area contributed by atoms with Crippen molar-refractivity contribution in [2.45, 2.75) is 25.1 Å². The lowest BCUT2D eigenvalue weighted by atomic mass is 9.81. The Labute approximate surface area is 116 Å². The number of hydrogen-bond acceptors (Lipinski definition) is 1. The summed E-state index contributed by atoms with van der Waals surface area (Å²) >= 11 is 0. The van der Waals surface area contributed by atoms with Crippen LogP contribution in [0.2, 0.25) is 0 Å². The van der Waals surface area contributed by atoms with Gasteiger partial charge in [-0.15, -0.1) is 0 Å². The van der Waals surface area contributed by atoms with Crippen molar-refractivity contribution in [3.05, 3.63) is 71.3 Å². The summed E-state index contributed by atoms with van der Waals surface area (Å²) in [7, 11) is 0. The second-order valence-electron chi connectivity index (χ2n) is 4.77. The van der Waals surface area contributed by atoms with Crippen LogP contribution in [0, 0.1) is 0 Å². The maximum Gasteiger partial charge on any atom is 0.416 e. The fourth-order valence-corrected chi connectivity index (χ4v) is 2.27. The molecule has 2 aromatic carbocycles. The highest BCUT2D eigenvalue weighted by atomic mass is 19.4. The quantitative estimate of drug-likeness (QED) is 0.889. The van der Waals surface area contributed by atoms with Gasteiger partial charge >= 0.3 is 6.18 Å². The molecule has 0 aromatic heterocycles. The first-order valence-electron chi connectivity index (χ1n) is 6.40. The second kappa shape index (κ2) is 5.29. The topological polar surface area (TPSA) is 26.0 Å². The van der Waals surface area contributed by atoms with E-state index in [9.17, 15) is 13.2 Å². The standard InChI is InChI=1S/C16H16F3N/c1-2-15(20,12-6-4-3-5-7-12)13-8-10-14(11-9-13)16(17,18)19/h3-11H,2,20H2,1H3. The molecule has 2 aromatic rings. The van der Waals surface area contributed by atoms with Crippen LogP contribution < -0.4 is 5.73 Å². The van der Waals surface area contributed by atoms with Gasteiger partial charge in [0.05, 0.1) is 11.1 Å². The Morgan fingerprint density at radius 1 is 0.800 bits per heavy atom. The van der Waals surface area contributed by atoms with Crippen molar-refractivity contribution in [2.24, 2.45) is 5.73 Å². The molecular weight excluding hydrogens is 263 g/mol. The van der Waals surface area contributed by atoms with Gasteiger partial charge in [-0.05, 0) is 29.7 Å². The molecule has 2 N–H and O–H groups in total. The van der Waals surface area contributed by atoms with Gasteiger partial charge in [0.2, 0.25) is 0 Å². The molecule has 0 saturated heterocycles. The molecule has 0 heterocycles. The van der Waals surface area contributed by atoms with Gasteiger partial charge < -0.3 is 5.73 Å². The lowest BCUT2D eigenvalue weighted by Crippen LogP contribution is -2.37. The summed E-state index contributed by atoms with van der Waals surface area (Å²) in [5.74, 6) is 0. The van der Waals surface area contributed by atoms with E-state index in [-0.39, 0.29) is 0 Å². The molecule has 1 unspecified atom stereocenters. The smallest absolute Gasteiger partial charge is 0.318 e. The fraction of sp³-hybridized carbons (Fsp3) is 0.250. The third-order valence-electron chi connectivity index (χ3n) is 3.57. The van der Waals surface area contributed by atoms with E-state index in [1.807, 2.05) is 37.3 Å². The van der Waals surface area contributed by atoms with Crippen molar-refractivity contribution in [2.75, 3.05) is 0 Å². The number of hydrogen-bond donors (Lipinski definition) is 1. The average molecular weight is 279 g/mol. The van der Waals surface area contributed by atoms with Crippen LogP contribution in [0.4, 0.5) is 13.2 Å². The summed E-state index contributed by atoms with van der Waals surface area (Å²) < 4.78 is 37.8. The molecule has 0 bridgehead atoms. The minimum Gasteiger partial charge on any atom is -0.318 e. The summed E-state index contributed by atoms with van der Waals surface area (Å²) in [6.07, 6.45) is -3.73. The monoisotopic (exact) mass is 279 g/mol. The second-order valence-corrected chi connectivity index (χ2v) is 4.77. The predicted molar refractivity (Wildman–Crippen MR) is 73.1 cm³/mol. The molecule has 1 atom stereocenters. The van der Waals surface area contributed by atoms with Crippen LogP contribution >= 0.6 is 0 Å². The first kappa shape index (κ1) is 14.6. The van der Waals surface area contributed by atoms with Crippen molar-refractivity contribution in [1.82, 2.24) is 0 Å². The summed E-state index contributed by atoms with van der Waals surface area (Å²) in [5.41, 5.74) is 6.56. The van der Waals surface area contributed by atoms with E-state index in [4.69, 9.17) is 5.73 Å². The summed E-state index contributed by atoms with van der Waals surface area (Å²) in [5, 5.41) is 0. The van der Waals surface area contributed by atoms with Gasteiger partial charge in [0, 0.05) is 0 Å². The van der Waals surface area contributed by atoms with Gasteiger partial charge in [-0.1, -0.05) is 49.4 Å². The number of benzene rings is 2. The summed E-state index contributed by atoms with van der Waals surface area (Å²) in [4.78, 5) is 0. The lowest BCUT2D eigenvalue weighted by Gasteiger charge is -2.29. The zero-order valence-corrected chi connectivity index (χ0v) is 11.1. The van der Waals surface area contributed by atoms with Crippen LogP contribution in [0.1, 0.15) is 30.0 Å². The molecule has 0 saturated carbocycles. The normalized spacial score (nSPS) is 14.8. The highest BCUT2D eigenvalue weighted by Gasteiger charge is 2.32. The highest BCUT2D eigenvalue weighted by Crippen LogP contribution is 2.33. The molecule has 0 radical (unpaired) electrons. The molecule has 4 heteroatoms. The van der Waals surface area contributed by atoms with Crippen LogP contribution in [0.5, 0.6) is 0 Å². The van der Waals surface area contributed by atoms with Gasteiger partial charge in [-0.2, -0.15) is 13.2 Å². The molecule has 0 spiro atoms. The van der Waals surface area contributed by atoms with Gasteiger partial charge in [0.1, 0.15) is 0 Å². The first-order valence-corrected chi connectivity index (χ1v) is 6.40. The maximum absolute atomic E-state index is 12.6. The SMILES string of the molecule is CCC(N)(c1ccccc1)c1ccc(C(F)(F)F)cc1. The number of halogens is 3. The van der Waals surface area contributed by atoms with E-state index in [0.29, 0.717) is 12.0 Å². The lowest BCUT2D eigenvalue weighted by molar-refractivity contribution is -0.137. The molecule has 0 aliphatic heterocycles. The third kappa shape index (κ3) is 2.70. The van der Waals surface area contributed by atoms with Crippen LogP contribution in [-0.4, -0.2) is 0 Å².